The van der Waals surface area contributed by atoms with Gasteiger partial charge in [0.15, 0.2) is 0 Å². The molecule has 18 heavy (non-hydrogen) atoms. The third kappa shape index (κ3) is 4.44. The highest BCUT2D eigenvalue weighted by atomic mass is 14.3. The minimum atomic E-state index is 0.772. The molecule has 0 nitrogen and oxygen atoms in total. The van der Waals surface area contributed by atoms with Crippen LogP contribution in [0, 0.1) is 23.7 Å². The van der Waals surface area contributed by atoms with E-state index in [4.69, 9.17) is 0 Å². The largest absolute Gasteiger partial charge is 0.0850 e. The lowest BCUT2D eigenvalue weighted by molar-refractivity contribution is 0.156. The van der Waals surface area contributed by atoms with E-state index in [2.05, 4.69) is 40.7 Å². The Morgan fingerprint density at radius 1 is 1.28 bits per heavy atom. The zero-order valence-electron chi connectivity index (χ0n) is 13.3. The smallest absolute Gasteiger partial charge is 0.0237 e. The van der Waals surface area contributed by atoms with Crippen LogP contribution in [0.1, 0.15) is 79.6 Å². The molecule has 0 saturated heterocycles. The van der Waals surface area contributed by atoms with Gasteiger partial charge in [-0.05, 0) is 43.4 Å². The molecule has 0 heteroatoms. The third-order valence-corrected chi connectivity index (χ3v) is 5.33. The average Bonchev–Trinajstić information content (AvgIpc) is 2.37. The molecule has 1 fully saturated rings. The van der Waals surface area contributed by atoms with Crippen molar-refractivity contribution in [1.29, 1.82) is 0 Å². The van der Waals surface area contributed by atoms with Crippen LogP contribution in [0.3, 0.4) is 0 Å². The lowest BCUT2D eigenvalue weighted by Gasteiger charge is -2.36. The molecule has 4 atom stereocenters. The van der Waals surface area contributed by atoms with Crippen LogP contribution in [0.5, 0.6) is 0 Å². The van der Waals surface area contributed by atoms with Crippen LogP contribution in [0.15, 0.2) is 11.6 Å². The van der Waals surface area contributed by atoms with Gasteiger partial charge in [0.05, 0.1) is 0 Å². The summed E-state index contributed by atoms with van der Waals surface area (Å²) in [4.78, 5) is 0. The average molecular weight is 250 g/mol. The van der Waals surface area contributed by atoms with Gasteiger partial charge in [-0.25, -0.2) is 0 Å². The molecule has 0 aromatic rings. The highest BCUT2D eigenvalue weighted by molar-refractivity contribution is 5.03. The van der Waals surface area contributed by atoms with Crippen molar-refractivity contribution in [2.75, 3.05) is 0 Å². The van der Waals surface area contributed by atoms with Gasteiger partial charge in [0.2, 0.25) is 0 Å². The number of allylic oxidation sites excluding steroid dienone is 2. The summed E-state index contributed by atoms with van der Waals surface area (Å²) in [5, 5.41) is 0. The Morgan fingerprint density at radius 3 is 2.61 bits per heavy atom. The van der Waals surface area contributed by atoms with Crippen molar-refractivity contribution in [3.8, 4) is 0 Å². The molecule has 0 aliphatic heterocycles. The molecule has 0 N–H and O–H groups in total. The SMILES string of the molecule is CCCC1CCCC(C)C1C/C=C(/C)C(C)CC. The van der Waals surface area contributed by atoms with E-state index in [-0.39, 0.29) is 0 Å². The second-order valence-corrected chi connectivity index (χ2v) is 6.61. The Labute approximate surface area is 115 Å². The maximum Gasteiger partial charge on any atom is -0.0237 e. The van der Waals surface area contributed by atoms with E-state index in [1.54, 1.807) is 5.57 Å². The summed E-state index contributed by atoms with van der Waals surface area (Å²) in [6.45, 7) is 11.8. The maximum atomic E-state index is 2.56. The summed E-state index contributed by atoms with van der Waals surface area (Å²) < 4.78 is 0. The molecule has 1 aliphatic rings. The summed E-state index contributed by atoms with van der Waals surface area (Å²) in [6, 6.07) is 0. The molecular weight excluding hydrogens is 216 g/mol. The second-order valence-electron chi connectivity index (χ2n) is 6.61. The predicted molar refractivity (Wildman–Crippen MR) is 82.7 cm³/mol. The zero-order chi connectivity index (χ0) is 13.5. The number of rotatable bonds is 6. The molecular formula is C18H34. The first-order valence-corrected chi connectivity index (χ1v) is 8.26. The molecule has 1 aliphatic carbocycles. The summed E-state index contributed by atoms with van der Waals surface area (Å²) in [6.07, 6.45) is 12.4. The quantitative estimate of drug-likeness (QED) is 0.491. The lowest BCUT2D eigenvalue weighted by Crippen LogP contribution is -2.26. The molecule has 0 heterocycles. The third-order valence-electron chi connectivity index (χ3n) is 5.33. The Hall–Kier alpha value is -0.260. The first-order valence-electron chi connectivity index (χ1n) is 8.26. The van der Waals surface area contributed by atoms with Gasteiger partial charge >= 0.3 is 0 Å². The molecule has 106 valence electrons. The first-order chi connectivity index (χ1) is 8.60. The van der Waals surface area contributed by atoms with Crippen molar-refractivity contribution in [3.05, 3.63) is 11.6 Å². The van der Waals surface area contributed by atoms with Gasteiger partial charge in [-0.1, -0.05) is 71.4 Å². The van der Waals surface area contributed by atoms with Gasteiger partial charge in [0, 0.05) is 0 Å². The van der Waals surface area contributed by atoms with E-state index in [0.29, 0.717) is 0 Å². The first kappa shape index (κ1) is 15.8. The molecule has 0 spiro atoms. The van der Waals surface area contributed by atoms with E-state index in [1.165, 1.54) is 44.9 Å². The molecule has 0 aromatic heterocycles. The van der Waals surface area contributed by atoms with Crippen LogP contribution in [-0.2, 0) is 0 Å². The highest BCUT2D eigenvalue weighted by Crippen LogP contribution is 2.39. The topological polar surface area (TPSA) is 0 Å². The minimum Gasteiger partial charge on any atom is -0.0850 e. The van der Waals surface area contributed by atoms with E-state index in [9.17, 15) is 0 Å². The van der Waals surface area contributed by atoms with Crippen LogP contribution in [0.4, 0.5) is 0 Å². The Bertz CT molecular complexity index is 249. The van der Waals surface area contributed by atoms with Gasteiger partial charge in [-0.3, -0.25) is 0 Å². The zero-order valence-corrected chi connectivity index (χ0v) is 13.3. The van der Waals surface area contributed by atoms with Crippen molar-refractivity contribution in [1.82, 2.24) is 0 Å². The Kier molecular flexibility index (Phi) is 7.04. The fourth-order valence-corrected chi connectivity index (χ4v) is 3.59. The van der Waals surface area contributed by atoms with Crippen LogP contribution in [0.2, 0.25) is 0 Å². The summed E-state index contributed by atoms with van der Waals surface area (Å²) in [5.74, 6) is 3.67. The molecule has 0 aromatic carbocycles. The molecule has 4 unspecified atom stereocenters. The molecule has 1 rings (SSSR count). The maximum absolute atomic E-state index is 2.56. The standard InChI is InChI=1S/C18H34/c1-6-9-17-11-8-10-16(5)18(17)13-12-15(4)14(3)7-2/h12,14,16-18H,6-11,13H2,1-5H3/b15-12-. The van der Waals surface area contributed by atoms with Crippen molar-refractivity contribution in [2.45, 2.75) is 79.6 Å². The second kappa shape index (κ2) is 8.02. The van der Waals surface area contributed by atoms with Crippen molar-refractivity contribution in [2.24, 2.45) is 23.7 Å². The monoisotopic (exact) mass is 250 g/mol. The molecule has 0 amide bonds. The van der Waals surface area contributed by atoms with Crippen LogP contribution < -0.4 is 0 Å². The Morgan fingerprint density at radius 2 is 2.00 bits per heavy atom. The van der Waals surface area contributed by atoms with Gasteiger partial charge in [-0.15, -0.1) is 0 Å². The number of hydrogen-bond donors (Lipinski definition) is 0. The minimum absolute atomic E-state index is 0.772. The molecule has 0 radical (unpaired) electrons. The predicted octanol–water partition coefficient (Wildman–Crippen LogP) is 6.22. The molecule has 1 saturated carbocycles. The van der Waals surface area contributed by atoms with E-state index in [0.717, 1.165) is 23.7 Å². The van der Waals surface area contributed by atoms with E-state index in [1.807, 2.05) is 0 Å². The van der Waals surface area contributed by atoms with Crippen molar-refractivity contribution in [3.63, 3.8) is 0 Å². The van der Waals surface area contributed by atoms with Crippen molar-refractivity contribution >= 4 is 0 Å². The van der Waals surface area contributed by atoms with Crippen LogP contribution in [-0.4, -0.2) is 0 Å². The Balaban J connectivity index is 2.60. The van der Waals surface area contributed by atoms with E-state index >= 15 is 0 Å². The molecule has 0 bridgehead atoms. The summed E-state index contributed by atoms with van der Waals surface area (Å²) >= 11 is 0. The van der Waals surface area contributed by atoms with Gasteiger partial charge in [-0.2, -0.15) is 0 Å². The van der Waals surface area contributed by atoms with E-state index < -0.39 is 0 Å². The number of hydrogen-bond acceptors (Lipinski definition) is 0. The fraction of sp³-hybridized carbons (Fsp3) is 0.889. The van der Waals surface area contributed by atoms with Gasteiger partial charge in [0.1, 0.15) is 0 Å². The van der Waals surface area contributed by atoms with Crippen LogP contribution in [0.25, 0.3) is 0 Å². The van der Waals surface area contributed by atoms with Crippen molar-refractivity contribution < 1.29 is 0 Å². The highest BCUT2D eigenvalue weighted by Gasteiger charge is 2.29. The van der Waals surface area contributed by atoms with Gasteiger partial charge < -0.3 is 0 Å². The summed E-state index contributed by atoms with van der Waals surface area (Å²) in [5.41, 5.74) is 1.62. The fourth-order valence-electron chi connectivity index (χ4n) is 3.59. The normalized spacial score (nSPS) is 31.4. The van der Waals surface area contributed by atoms with Gasteiger partial charge in [0.25, 0.3) is 0 Å². The summed E-state index contributed by atoms with van der Waals surface area (Å²) in [7, 11) is 0. The van der Waals surface area contributed by atoms with Crippen LogP contribution >= 0.6 is 0 Å². The lowest BCUT2D eigenvalue weighted by atomic mass is 9.69.